The van der Waals surface area contributed by atoms with Gasteiger partial charge in [0, 0.05) is 18.0 Å². The van der Waals surface area contributed by atoms with E-state index in [4.69, 9.17) is 4.74 Å². The molecule has 0 fully saturated rings. The molecular formula is C14H18N2O2. The Labute approximate surface area is 107 Å². The van der Waals surface area contributed by atoms with Crippen molar-refractivity contribution in [2.75, 3.05) is 6.61 Å². The molecule has 1 atom stereocenters. The Morgan fingerprint density at radius 1 is 1.44 bits per heavy atom. The first-order chi connectivity index (χ1) is 8.66. The molecule has 2 aromatic rings. The molecule has 4 nitrogen and oxygen atoms in total. The van der Waals surface area contributed by atoms with Gasteiger partial charge < -0.3 is 9.84 Å². The zero-order valence-corrected chi connectivity index (χ0v) is 10.7. The Hall–Kier alpha value is -1.81. The monoisotopic (exact) mass is 246 g/mol. The van der Waals surface area contributed by atoms with Crippen LogP contribution in [0.4, 0.5) is 0 Å². The topological polar surface area (TPSA) is 47.3 Å². The van der Waals surface area contributed by atoms with Crippen LogP contribution in [-0.2, 0) is 6.54 Å². The van der Waals surface area contributed by atoms with Crippen LogP contribution in [0.1, 0.15) is 24.2 Å². The van der Waals surface area contributed by atoms with Crippen molar-refractivity contribution in [1.82, 2.24) is 9.78 Å². The van der Waals surface area contributed by atoms with E-state index in [1.54, 1.807) is 13.1 Å². The first kappa shape index (κ1) is 12.6. The van der Waals surface area contributed by atoms with Crippen LogP contribution in [0.15, 0.2) is 36.7 Å². The molecule has 0 saturated carbocycles. The summed E-state index contributed by atoms with van der Waals surface area (Å²) in [5.74, 6) is 0.747. The van der Waals surface area contributed by atoms with Gasteiger partial charge in [-0.05, 0) is 31.5 Å². The van der Waals surface area contributed by atoms with Crippen molar-refractivity contribution in [3.05, 3.63) is 47.8 Å². The number of hydrogen-bond donors (Lipinski definition) is 1. The Kier molecular flexibility index (Phi) is 3.99. The van der Waals surface area contributed by atoms with Gasteiger partial charge in [-0.15, -0.1) is 0 Å². The zero-order chi connectivity index (χ0) is 13.0. The summed E-state index contributed by atoms with van der Waals surface area (Å²) < 4.78 is 7.55. The minimum Gasteiger partial charge on any atom is -0.491 e. The molecule has 0 saturated heterocycles. The maximum Gasteiger partial charge on any atom is 0.125 e. The molecule has 18 heavy (non-hydrogen) atoms. The number of aryl methyl sites for hydroxylation is 1. The van der Waals surface area contributed by atoms with E-state index in [-0.39, 0.29) is 0 Å². The molecule has 0 radical (unpaired) electrons. The molecular weight excluding hydrogens is 228 g/mol. The minimum absolute atomic E-state index is 0.523. The third-order valence-corrected chi connectivity index (χ3v) is 2.76. The summed E-state index contributed by atoms with van der Waals surface area (Å²) in [7, 11) is 0. The van der Waals surface area contributed by atoms with Crippen molar-refractivity contribution in [3.8, 4) is 5.75 Å². The van der Waals surface area contributed by atoms with E-state index >= 15 is 0 Å². The Morgan fingerprint density at radius 3 is 2.94 bits per heavy atom. The van der Waals surface area contributed by atoms with Gasteiger partial charge in [-0.1, -0.05) is 12.1 Å². The average molecular weight is 246 g/mol. The molecule has 0 spiro atoms. The summed E-state index contributed by atoms with van der Waals surface area (Å²) in [5.41, 5.74) is 1.94. The summed E-state index contributed by atoms with van der Waals surface area (Å²) in [5, 5.41) is 13.8. The van der Waals surface area contributed by atoms with E-state index in [0.717, 1.165) is 16.9 Å². The van der Waals surface area contributed by atoms with E-state index in [0.29, 0.717) is 13.2 Å². The van der Waals surface area contributed by atoms with Gasteiger partial charge in [0.2, 0.25) is 0 Å². The molecule has 0 aliphatic carbocycles. The maximum absolute atomic E-state index is 9.68. The predicted octanol–water partition coefficient (Wildman–Crippen LogP) is 2.32. The number of ether oxygens (including phenoxy) is 1. The van der Waals surface area contributed by atoms with Crippen LogP contribution >= 0.6 is 0 Å². The van der Waals surface area contributed by atoms with Crippen LogP contribution in [0, 0.1) is 6.92 Å². The van der Waals surface area contributed by atoms with Gasteiger partial charge in [-0.3, -0.25) is 4.68 Å². The number of benzene rings is 1. The lowest BCUT2D eigenvalue weighted by atomic mass is 10.1. The second kappa shape index (κ2) is 5.69. The lowest BCUT2D eigenvalue weighted by Gasteiger charge is -2.14. The number of aliphatic hydroxyl groups is 1. The highest BCUT2D eigenvalue weighted by atomic mass is 16.5. The molecule has 4 heteroatoms. The fourth-order valence-corrected chi connectivity index (χ4v) is 1.79. The summed E-state index contributed by atoms with van der Waals surface area (Å²) >= 11 is 0. The summed E-state index contributed by atoms with van der Waals surface area (Å²) in [4.78, 5) is 0. The van der Waals surface area contributed by atoms with Crippen LogP contribution in [-0.4, -0.2) is 21.5 Å². The molecule has 0 aliphatic rings. The van der Waals surface area contributed by atoms with Gasteiger partial charge in [-0.2, -0.15) is 5.10 Å². The Morgan fingerprint density at radius 2 is 2.28 bits per heavy atom. The zero-order valence-electron chi connectivity index (χ0n) is 10.7. The molecule has 1 heterocycles. The van der Waals surface area contributed by atoms with E-state index in [1.807, 2.05) is 42.1 Å². The minimum atomic E-state index is -0.523. The third kappa shape index (κ3) is 3.11. The molecule has 1 aromatic carbocycles. The van der Waals surface area contributed by atoms with Crippen molar-refractivity contribution in [1.29, 1.82) is 0 Å². The fourth-order valence-electron chi connectivity index (χ4n) is 1.79. The Balaban J connectivity index is 2.01. The summed E-state index contributed by atoms with van der Waals surface area (Å²) in [6.45, 7) is 4.97. The first-order valence-corrected chi connectivity index (χ1v) is 6.05. The molecule has 1 N–H and O–H groups in total. The van der Waals surface area contributed by atoms with Crippen molar-refractivity contribution < 1.29 is 9.84 Å². The smallest absolute Gasteiger partial charge is 0.125 e. The molecule has 0 bridgehead atoms. The lowest BCUT2D eigenvalue weighted by molar-refractivity contribution is 0.190. The highest BCUT2D eigenvalue weighted by molar-refractivity contribution is 5.38. The number of aliphatic hydroxyl groups excluding tert-OH is 1. The van der Waals surface area contributed by atoms with Crippen LogP contribution < -0.4 is 4.74 Å². The fraction of sp³-hybridized carbons (Fsp3) is 0.357. The van der Waals surface area contributed by atoms with Crippen molar-refractivity contribution >= 4 is 0 Å². The van der Waals surface area contributed by atoms with E-state index in [1.165, 1.54) is 0 Å². The van der Waals surface area contributed by atoms with Crippen molar-refractivity contribution in [3.63, 3.8) is 0 Å². The average Bonchev–Trinajstić information content (AvgIpc) is 2.82. The molecule has 1 aromatic heterocycles. The van der Waals surface area contributed by atoms with Crippen LogP contribution in [0.5, 0.6) is 5.75 Å². The van der Waals surface area contributed by atoms with Gasteiger partial charge >= 0.3 is 0 Å². The van der Waals surface area contributed by atoms with Gasteiger partial charge in [0.1, 0.15) is 12.4 Å². The maximum atomic E-state index is 9.68. The quantitative estimate of drug-likeness (QED) is 0.880. The highest BCUT2D eigenvalue weighted by Gasteiger charge is 2.09. The standard InChI is InChI=1S/C14H18N2O2/c1-11-4-5-13(12(2)17)14(10-11)18-9-8-16-7-3-6-15-16/h3-7,10,12,17H,8-9H2,1-2H3. The normalized spacial score (nSPS) is 12.4. The van der Waals surface area contributed by atoms with Crippen LogP contribution in [0.25, 0.3) is 0 Å². The van der Waals surface area contributed by atoms with Crippen molar-refractivity contribution in [2.45, 2.75) is 26.5 Å². The van der Waals surface area contributed by atoms with Crippen LogP contribution in [0.3, 0.4) is 0 Å². The third-order valence-electron chi connectivity index (χ3n) is 2.76. The molecule has 0 aliphatic heterocycles. The summed E-state index contributed by atoms with van der Waals surface area (Å²) in [6.07, 6.45) is 3.12. The van der Waals surface area contributed by atoms with Gasteiger partial charge in [0.05, 0.1) is 12.6 Å². The number of rotatable bonds is 5. The van der Waals surface area contributed by atoms with E-state index < -0.39 is 6.10 Å². The molecule has 1 unspecified atom stereocenters. The molecule has 0 amide bonds. The Bertz CT molecular complexity index is 493. The number of hydrogen-bond acceptors (Lipinski definition) is 3. The lowest BCUT2D eigenvalue weighted by Crippen LogP contribution is -2.10. The van der Waals surface area contributed by atoms with E-state index in [2.05, 4.69) is 5.10 Å². The largest absolute Gasteiger partial charge is 0.491 e. The summed E-state index contributed by atoms with van der Waals surface area (Å²) in [6, 6.07) is 7.71. The van der Waals surface area contributed by atoms with Crippen LogP contribution in [0.2, 0.25) is 0 Å². The van der Waals surface area contributed by atoms with E-state index in [9.17, 15) is 5.11 Å². The second-order valence-corrected chi connectivity index (χ2v) is 4.33. The SMILES string of the molecule is Cc1ccc(C(C)O)c(OCCn2cccn2)c1. The number of nitrogens with zero attached hydrogens (tertiary/aromatic N) is 2. The van der Waals surface area contributed by atoms with Crippen molar-refractivity contribution in [2.24, 2.45) is 0 Å². The van der Waals surface area contributed by atoms with Gasteiger partial charge in [-0.25, -0.2) is 0 Å². The predicted molar refractivity (Wildman–Crippen MR) is 69.5 cm³/mol. The number of aromatic nitrogens is 2. The first-order valence-electron chi connectivity index (χ1n) is 6.05. The molecule has 96 valence electrons. The highest BCUT2D eigenvalue weighted by Crippen LogP contribution is 2.26. The second-order valence-electron chi connectivity index (χ2n) is 4.33. The molecule has 2 rings (SSSR count). The van der Waals surface area contributed by atoms with Gasteiger partial charge in [0.25, 0.3) is 0 Å². The van der Waals surface area contributed by atoms with Gasteiger partial charge in [0.15, 0.2) is 0 Å².